The molecule has 0 saturated heterocycles. The van der Waals surface area contributed by atoms with Crippen LogP contribution in [0.15, 0.2) is 39.8 Å². The van der Waals surface area contributed by atoms with Crippen LogP contribution in [0, 0.1) is 12.7 Å². The van der Waals surface area contributed by atoms with E-state index in [2.05, 4.69) is 30.3 Å². The Morgan fingerprint density at radius 1 is 1.13 bits per heavy atom. The Morgan fingerprint density at radius 3 is 2.54 bits per heavy atom. The van der Waals surface area contributed by atoms with E-state index in [0.717, 1.165) is 12.6 Å². The zero-order valence-corrected chi connectivity index (χ0v) is 21.3. The minimum atomic E-state index is -4.76. The molecule has 0 spiro atoms. The lowest BCUT2D eigenvalue weighted by Crippen LogP contribution is -2.23. The van der Waals surface area contributed by atoms with Gasteiger partial charge in [0.15, 0.2) is 5.69 Å². The van der Waals surface area contributed by atoms with Crippen LogP contribution in [0.3, 0.4) is 0 Å². The Labute approximate surface area is 218 Å². The molecule has 4 rings (SSSR count). The summed E-state index contributed by atoms with van der Waals surface area (Å²) < 4.78 is 58.6. The SMILES string of the molecule is Cc1cc(F)c(NC(=O)Nc2cc(C(F)(F)F)no2)cc1-c1cc2cnc(NCCN(C)C)nc2n(C)c1=O. The molecule has 0 bridgehead atoms. The fraction of sp³-hybridized carbons (Fsp3) is 0.292. The first-order valence-electron chi connectivity index (χ1n) is 11.5. The number of carbonyl (C=O) groups is 1. The van der Waals surface area contributed by atoms with Crippen molar-refractivity contribution in [3.8, 4) is 11.1 Å². The molecule has 0 atom stereocenters. The van der Waals surface area contributed by atoms with Gasteiger partial charge >= 0.3 is 12.2 Å². The number of likely N-dealkylation sites (N-methyl/N-ethyl adjacent to an activating group) is 1. The molecule has 0 fully saturated rings. The van der Waals surface area contributed by atoms with Crippen molar-refractivity contribution in [3.63, 3.8) is 0 Å². The standard InChI is InChI=1S/C24H24F4N8O3/c1-12-7-16(25)17(31-23(38)32-19-10-18(34-39-19)24(26,27)28)9-14(12)15-8-13-11-30-22(29-5-6-35(2)3)33-20(13)36(4)21(15)37/h7-11H,5-6H2,1-4H3,(H,29,30,33)(H2,31,32,38). The fourth-order valence-corrected chi connectivity index (χ4v) is 3.71. The summed E-state index contributed by atoms with van der Waals surface area (Å²) >= 11 is 0. The number of fused-ring (bicyclic) bond motifs is 1. The third-order valence-electron chi connectivity index (χ3n) is 5.68. The number of anilines is 3. The van der Waals surface area contributed by atoms with Crippen molar-refractivity contribution in [1.29, 1.82) is 0 Å². The average molecular weight is 549 g/mol. The molecule has 1 aromatic carbocycles. The lowest BCUT2D eigenvalue weighted by atomic mass is 9.99. The van der Waals surface area contributed by atoms with Gasteiger partial charge in [0.05, 0.1) is 5.69 Å². The maximum atomic E-state index is 14.7. The molecule has 0 radical (unpaired) electrons. The zero-order chi connectivity index (χ0) is 28.5. The van der Waals surface area contributed by atoms with Crippen LogP contribution in [0.4, 0.5) is 39.9 Å². The van der Waals surface area contributed by atoms with Crippen molar-refractivity contribution < 1.29 is 26.9 Å². The minimum absolute atomic E-state index is 0.202. The third kappa shape index (κ3) is 6.14. The molecule has 3 N–H and O–H groups in total. The van der Waals surface area contributed by atoms with Gasteiger partial charge in [-0.05, 0) is 50.3 Å². The second kappa shape index (κ2) is 10.7. The molecule has 3 heterocycles. The Kier molecular flexibility index (Phi) is 7.53. The van der Waals surface area contributed by atoms with E-state index in [4.69, 9.17) is 0 Å². The summed E-state index contributed by atoms with van der Waals surface area (Å²) in [5.74, 6) is -1.06. The Hall–Kier alpha value is -4.53. The van der Waals surface area contributed by atoms with Crippen molar-refractivity contribution in [2.75, 3.05) is 43.1 Å². The number of hydrogen-bond acceptors (Lipinski definition) is 8. The number of amides is 2. The van der Waals surface area contributed by atoms with E-state index in [0.29, 0.717) is 40.7 Å². The van der Waals surface area contributed by atoms with Crippen LogP contribution >= 0.6 is 0 Å². The summed E-state index contributed by atoms with van der Waals surface area (Å²) in [4.78, 5) is 36.3. The minimum Gasteiger partial charge on any atom is -0.353 e. The molecule has 39 heavy (non-hydrogen) atoms. The van der Waals surface area contributed by atoms with Crippen molar-refractivity contribution in [3.05, 3.63) is 57.9 Å². The number of hydrogen-bond donors (Lipinski definition) is 3. The van der Waals surface area contributed by atoms with Crippen molar-refractivity contribution in [2.45, 2.75) is 13.1 Å². The van der Waals surface area contributed by atoms with Gasteiger partial charge in [-0.15, -0.1) is 0 Å². The van der Waals surface area contributed by atoms with Gasteiger partial charge in [-0.25, -0.2) is 14.2 Å². The van der Waals surface area contributed by atoms with Crippen LogP contribution in [0.5, 0.6) is 0 Å². The molecule has 0 aliphatic rings. The highest BCUT2D eigenvalue weighted by atomic mass is 19.4. The number of urea groups is 1. The van der Waals surface area contributed by atoms with Crippen LogP contribution < -0.4 is 21.5 Å². The second-order valence-electron chi connectivity index (χ2n) is 8.93. The summed E-state index contributed by atoms with van der Waals surface area (Å²) in [6.07, 6.45) is -3.21. The lowest BCUT2D eigenvalue weighted by Gasteiger charge is -2.14. The average Bonchev–Trinajstić information content (AvgIpc) is 3.32. The number of pyridine rings is 1. The highest BCUT2D eigenvalue weighted by molar-refractivity contribution is 5.99. The summed E-state index contributed by atoms with van der Waals surface area (Å²) in [6.45, 7) is 2.94. The van der Waals surface area contributed by atoms with Crippen molar-refractivity contribution in [2.24, 2.45) is 7.05 Å². The van der Waals surface area contributed by atoms with Crippen LogP contribution in [-0.4, -0.2) is 57.8 Å². The molecule has 4 aromatic rings. The van der Waals surface area contributed by atoms with E-state index in [9.17, 15) is 27.2 Å². The molecule has 206 valence electrons. The number of nitrogens with one attached hydrogen (secondary N) is 3. The van der Waals surface area contributed by atoms with E-state index in [1.54, 1.807) is 26.2 Å². The van der Waals surface area contributed by atoms with Crippen LogP contribution in [0.25, 0.3) is 22.2 Å². The maximum absolute atomic E-state index is 14.7. The fourth-order valence-electron chi connectivity index (χ4n) is 3.71. The van der Waals surface area contributed by atoms with E-state index in [1.165, 1.54) is 10.6 Å². The zero-order valence-electron chi connectivity index (χ0n) is 21.3. The molecule has 11 nitrogen and oxygen atoms in total. The van der Waals surface area contributed by atoms with Crippen LogP contribution in [-0.2, 0) is 13.2 Å². The van der Waals surface area contributed by atoms with E-state index < -0.39 is 35.2 Å². The molecule has 0 aliphatic carbocycles. The summed E-state index contributed by atoms with van der Waals surface area (Å²) in [5.41, 5.74) is -0.769. The molecule has 0 aliphatic heterocycles. The summed E-state index contributed by atoms with van der Waals surface area (Å²) in [7, 11) is 5.41. The number of aryl methyl sites for hydroxylation is 2. The molecule has 15 heteroatoms. The van der Waals surface area contributed by atoms with Crippen molar-refractivity contribution >= 4 is 34.6 Å². The number of rotatable bonds is 7. The van der Waals surface area contributed by atoms with Gasteiger partial charge in [0.25, 0.3) is 5.56 Å². The topological polar surface area (TPSA) is 130 Å². The van der Waals surface area contributed by atoms with Crippen LogP contribution in [0.2, 0.25) is 0 Å². The lowest BCUT2D eigenvalue weighted by molar-refractivity contribution is -0.142. The summed E-state index contributed by atoms with van der Waals surface area (Å²) in [5, 5.41) is 10.7. The first-order valence-corrected chi connectivity index (χ1v) is 11.5. The number of carbonyl (C=O) groups excluding carboxylic acids is 1. The van der Waals surface area contributed by atoms with Gasteiger partial charge in [-0.2, -0.15) is 18.2 Å². The number of nitrogens with zero attached hydrogens (tertiary/aromatic N) is 5. The van der Waals surface area contributed by atoms with E-state index >= 15 is 0 Å². The monoisotopic (exact) mass is 548 g/mol. The van der Waals surface area contributed by atoms with E-state index in [1.807, 2.05) is 24.3 Å². The molecular weight excluding hydrogens is 524 g/mol. The Bertz CT molecular complexity index is 1600. The summed E-state index contributed by atoms with van der Waals surface area (Å²) in [6, 6.07) is 3.35. The Balaban J connectivity index is 1.62. The van der Waals surface area contributed by atoms with Crippen LogP contribution in [0.1, 0.15) is 11.3 Å². The number of alkyl halides is 3. The molecule has 0 unspecified atom stereocenters. The van der Waals surface area contributed by atoms with Gasteiger partial charge in [0, 0.05) is 43.4 Å². The third-order valence-corrected chi connectivity index (χ3v) is 5.68. The molecule has 3 aromatic heterocycles. The van der Waals surface area contributed by atoms with Gasteiger partial charge < -0.3 is 20.1 Å². The normalized spacial score (nSPS) is 11.7. The van der Waals surface area contributed by atoms with Gasteiger partial charge in [0.1, 0.15) is 11.5 Å². The smallest absolute Gasteiger partial charge is 0.353 e. The molecular formula is C24H24F4N8O3. The Morgan fingerprint density at radius 2 is 1.87 bits per heavy atom. The predicted molar refractivity (Wildman–Crippen MR) is 136 cm³/mol. The first-order chi connectivity index (χ1) is 18.3. The highest BCUT2D eigenvalue weighted by Crippen LogP contribution is 2.31. The largest absolute Gasteiger partial charge is 0.436 e. The van der Waals surface area contributed by atoms with Gasteiger partial charge in [0.2, 0.25) is 11.8 Å². The number of aromatic nitrogens is 4. The number of halogens is 4. The van der Waals surface area contributed by atoms with Gasteiger partial charge in [-0.1, -0.05) is 5.16 Å². The second-order valence-corrected chi connectivity index (χ2v) is 8.93. The quantitative estimate of drug-likeness (QED) is 0.295. The highest BCUT2D eigenvalue weighted by Gasteiger charge is 2.35. The molecule has 2 amide bonds. The molecule has 0 saturated carbocycles. The predicted octanol–water partition coefficient (Wildman–Crippen LogP) is 4.07. The van der Waals surface area contributed by atoms with Gasteiger partial charge in [-0.3, -0.25) is 14.7 Å². The van der Waals surface area contributed by atoms with Crippen molar-refractivity contribution in [1.82, 2.24) is 24.6 Å². The maximum Gasteiger partial charge on any atom is 0.436 e. The first kappa shape index (κ1) is 27.5. The number of benzene rings is 1. The van der Waals surface area contributed by atoms with E-state index in [-0.39, 0.29) is 11.3 Å².